The maximum Gasteiger partial charge on any atom is 0.262 e. The topological polar surface area (TPSA) is 87.7 Å². The molecule has 3 amide bonds. The SMILES string of the molecule is CC[C@H](C)NC(=O)[C@@H](NC(=O)c1cccs1)C1CCN(C(=O)c2ccccc2OC)CC1. The highest BCUT2D eigenvalue weighted by Gasteiger charge is 2.35. The van der Waals surface area contributed by atoms with Crippen LogP contribution in [-0.2, 0) is 4.79 Å². The lowest BCUT2D eigenvalue weighted by Crippen LogP contribution is -2.55. The molecule has 1 aliphatic heterocycles. The van der Waals surface area contributed by atoms with Crippen LogP contribution in [-0.4, -0.2) is 54.9 Å². The van der Waals surface area contributed by atoms with Crippen LogP contribution in [0.4, 0.5) is 0 Å². The van der Waals surface area contributed by atoms with Crippen molar-refractivity contribution >= 4 is 29.1 Å². The quantitative estimate of drug-likeness (QED) is 0.637. The smallest absolute Gasteiger partial charge is 0.262 e. The lowest BCUT2D eigenvalue weighted by Gasteiger charge is -2.36. The Morgan fingerprint density at radius 1 is 1.12 bits per heavy atom. The van der Waals surface area contributed by atoms with Crippen molar-refractivity contribution in [2.45, 2.75) is 45.2 Å². The number of piperidine rings is 1. The molecule has 0 radical (unpaired) electrons. The van der Waals surface area contributed by atoms with Gasteiger partial charge in [0.25, 0.3) is 11.8 Å². The summed E-state index contributed by atoms with van der Waals surface area (Å²) in [5.41, 5.74) is 0.533. The van der Waals surface area contributed by atoms with Crippen LogP contribution in [0.15, 0.2) is 41.8 Å². The van der Waals surface area contributed by atoms with Crippen molar-refractivity contribution in [3.63, 3.8) is 0 Å². The number of rotatable bonds is 8. The second kappa shape index (κ2) is 11.1. The zero-order chi connectivity index (χ0) is 23.1. The van der Waals surface area contributed by atoms with Gasteiger partial charge in [-0.25, -0.2) is 0 Å². The van der Waals surface area contributed by atoms with Crippen molar-refractivity contribution in [1.82, 2.24) is 15.5 Å². The molecule has 1 aromatic heterocycles. The van der Waals surface area contributed by atoms with Gasteiger partial charge in [0.15, 0.2) is 0 Å². The van der Waals surface area contributed by atoms with Gasteiger partial charge < -0.3 is 20.3 Å². The summed E-state index contributed by atoms with van der Waals surface area (Å²) >= 11 is 1.35. The lowest BCUT2D eigenvalue weighted by atomic mass is 9.88. The fourth-order valence-corrected chi connectivity index (χ4v) is 4.51. The molecule has 172 valence electrons. The first kappa shape index (κ1) is 23.8. The molecule has 1 aromatic carbocycles. The predicted molar refractivity (Wildman–Crippen MR) is 125 cm³/mol. The highest BCUT2D eigenvalue weighted by atomic mass is 32.1. The van der Waals surface area contributed by atoms with Crippen LogP contribution in [0.25, 0.3) is 0 Å². The third-order valence-electron chi connectivity index (χ3n) is 5.95. The standard InChI is InChI=1S/C24H31N3O4S/c1-4-16(2)25-23(29)21(26-22(28)20-10-7-15-32-20)17-11-13-27(14-12-17)24(30)18-8-5-6-9-19(18)31-3/h5-10,15-17,21H,4,11-14H2,1-3H3,(H,25,29)(H,26,28)/t16-,21-/m0/s1. The van der Waals surface area contributed by atoms with Gasteiger partial charge in [-0.3, -0.25) is 14.4 Å². The van der Waals surface area contributed by atoms with Gasteiger partial charge >= 0.3 is 0 Å². The molecule has 0 unspecified atom stereocenters. The monoisotopic (exact) mass is 457 g/mol. The second-order valence-electron chi connectivity index (χ2n) is 8.08. The first-order chi connectivity index (χ1) is 15.4. The zero-order valence-corrected chi connectivity index (χ0v) is 19.6. The highest BCUT2D eigenvalue weighted by Crippen LogP contribution is 2.26. The van der Waals surface area contributed by atoms with Crippen LogP contribution in [0, 0.1) is 5.92 Å². The van der Waals surface area contributed by atoms with Gasteiger partial charge in [0, 0.05) is 19.1 Å². The van der Waals surface area contributed by atoms with Gasteiger partial charge in [0.1, 0.15) is 11.8 Å². The van der Waals surface area contributed by atoms with E-state index in [0.29, 0.717) is 42.1 Å². The van der Waals surface area contributed by atoms with Gasteiger partial charge in [-0.2, -0.15) is 0 Å². The number of ether oxygens (including phenoxy) is 1. The Bertz CT molecular complexity index is 923. The van der Waals surface area contributed by atoms with Crippen LogP contribution in [0.1, 0.15) is 53.1 Å². The minimum absolute atomic E-state index is 0.0239. The van der Waals surface area contributed by atoms with E-state index in [0.717, 1.165) is 6.42 Å². The van der Waals surface area contributed by atoms with Gasteiger partial charge in [0.2, 0.25) is 5.91 Å². The number of thiophene rings is 1. The molecule has 0 aliphatic carbocycles. The first-order valence-electron chi connectivity index (χ1n) is 11.0. The van der Waals surface area contributed by atoms with Gasteiger partial charge in [-0.15, -0.1) is 11.3 Å². The van der Waals surface area contributed by atoms with Crippen molar-refractivity contribution in [1.29, 1.82) is 0 Å². The van der Waals surface area contributed by atoms with Gasteiger partial charge in [-0.1, -0.05) is 25.1 Å². The fraction of sp³-hybridized carbons (Fsp3) is 0.458. The number of amides is 3. The predicted octanol–water partition coefficient (Wildman–Crippen LogP) is 3.32. The molecule has 2 heterocycles. The number of para-hydroxylation sites is 1. The third-order valence-corrected chi connectivity index (χ3v) is 6.82. The summed E-state index contributed by atoms with van der Waals surface area (Å²) < 4.78 is 5.33. The Labute approximate surface area is 193 Å². The van der Waals surface area contributed by atoms with Gasteiger partial charge in [0.05, 0.1) is 17.6 Å². The molecule has 1 aliphatic rings. The van der Waals surface area contributed by atoms with E-state index in [-0.39, 0.29) is 29.7 Å². The Morgan fingerprint density at radius 3 is 2.47 bits per heavy atom. The molecule has 2 atom stereocenters. The Balaban J connectivity index is 1.69. The molecule has 3 rings (SSSR count). The number of hydrogen-bond acceptors (Lipinski definition) is 5. The van der Waals surface area contributed by atoms with Crippen LogP contribution < -0.4 is 15.4 Å². The summed E-state index contributed by atoms with van der Waals surface area (Å²) in [7, 11) is 1.55. The number of nitrogens with one attached hydrogen (secondary N) is 2. The number of carbonyl (C=O) groups is 3. The van der Waals surface area contributed by atoms with E-state index < -0.39 is 6.04 Å². The van der Waals surface area contributed by atoms with Crippen molar-refractivity contribution in [2.24, 2.45) is 5.92 Å². The average Bonchev–Trinajstić information content (AvgIpc) is 3.37. The number of benzene rings is 1. The minimum Gasteiger partial charge on any atom is -0.496 e. The zero-order valence-electron chi connectivity index (χ0n) is 18.8. The molecule has 1 fully saturated rings. The van der Waals surface area contributed by atoms with Crippen molar-refractivity contribution in [3.8, 4) is 5.75 Å². The van der Waals surface area contributed by atoms with Crippen LogP contribution in [0.2, 0.25) is 0 Å². The molecule has 2 aromatic rings. The van der Waals surface area contributed by atoms with E-state index >= 15 is 0 Å². The van der Waals surface area contributed by atoms with E-state index in [1.54, 1.807) is 30.2 Å². The second-order valence-corrected chi connectivity index (χ2v) is 9.02. The van der Waals surface area contributed by atoms with Crippen LogP contribution in [0.5, 0.6) is 5.75 Å². The molecule has 7 nitrogen and oxygen atoms in total. The lowest BCUT2D eigenvalue weighted by molar-refractivity contribution is -0.125. The van der Waals surface area contributed by atoms with Crippen molar-refractivity contribution in [2.75, 3.05) is 20.2 Å². The van der Waals surface area contributed by atoms with E-state index in [1.807, 2.05) is 37.4 Å². The summed E-state index contributed by atoms with van der Waals surface area (Å²) in [5.74, 6) is 0.0121. The Kier molecular flexibility index (Phi) is 8.27. The number of hydrogen-bond donors (Lipinski definition) is 2. The third kappa shape index (κ3) is 5.68. The minimum atomic E-state index is -0.637. The van der Waals surface area contributed by atoms with E-state index in [2.05, 4.69) is 10.6 Å². The summed E-state index contributed by atoms with van der Waals surface area (Å²) in [5, 5.41) is 7.79. The molecule has 0 spiro atoms. The summed E-state index contributed by atoms with van der Waals surface area (Å²) in [6, 6.07) is 10.1. The summed E-state index contributed by atoms with van der Waals surface area (Å²) in [4.78, 5) is 41.1. The molecule has 32 heavy (non-hydrogen) atoms. The van der Waals surface area contributed by atoms with Gasteiger partial charge in [-0.05, 0) is 55.7 Å². The molecular weight excluding hydrogens is 426 g/mol. The highest BCUT2D eigenvalue weighted by molar-refractivity contribution is 7.12. The first-order valence-corrected chi connectivity index (χ1v) is 11.9. The molecule has 0 saturated carbocycles. The van der Waals surface area contributed by atoms with E-state index in [4.69, 9.17) is 4.74 Å². The molecule has 0 bridgehead atoms. The normalized spacial score (nSPS) is 16.2. The number of likely N-dealkylation sites (tertiary alicyclic amines) is 1. The maximum absolute atomic E-state index is 13.0. The summed E-state index contributed by atoms with van der Waals surface area (Å²) in [6.45, 7) is 4.99. The van der Waals surface area contributed by atoms with E-state index in [1.165, 1.54) is 11.3 Å². The Hall–Kier alpha value is -2.87. The number of nitrogens with zero attached hydrogens (tertiary/aromatic N) is 1. The Morgan fingerprint density at radius 2 is 1.84 bits per heavy atom. The number of methoxy groups -OCH3 is 1. The molecule has 2 N–H and O–H groups in total. The van der Waals surface area contributed by atoms with Crippen molar-refractivity contribution < 1.29 is 19.1 Å². The number of carbonyl (C=O) groups excluding carboxylic acids is 3. The fourth-order valence-electron chi connectivity index (χ4n) is 3.88. The largest absolute Gasteiger partial charge is 0.496 e. The molecule has 1 saturated heterocycles. The van der Waals surface area contributed by atoms with E-state index in [9.17, 15) is 14.4 Å². The maximum atomic E-state index is 13.0. The van der Waals surface area contributed by atoms with Crippen LogP contribution >= 0.6 is 11.3 Å². The average molecular weight is 458 g/mol. The van der Waals surface area contributed by atoms with Crippen molar-refractivity contribution in [3.05, 3.63) is 52.2 Å². The summed E-state index contributed by atoms with van der Waals surface area (Å²) in [6.07, 6.45) is 2.07. The molecular formula is C24H31N3O4S. The molecule has 8 heteroatoms. The van der Waals surface area contributed by atoms with Crippen LogP contribution in [0.3, 0.4) is 0 Å².